The molecule has 0 aliphatic carbocycles. The van der Waals surface area contributed by atoms with Gasteiger partial charge >= 0.3 is 0 Å². The molecular weight excluding hydrogens is 466 g/mol. The van der Waals surface area contributed by atoms with E-state index in [-0.39, 0.29) is 18.9 Å². The van der Waals surface area contributed by atoms with E-state index < -0.39 is 21.5 Å². The molecule has 1 amide bonds. The van der Waals surface area contributed by atoms with Gasteiger partial charge in [-0.2, -0.15) is 0 Å². The topological polar surface area (TPSA) is 72.5 Å². The molecule has 0 aromatic heterocycles. The van der Waals surface area contributed by atoms with Crippen LogP contribution >= 0.6 is 15.9 Å². The molecule has 0 bridgehead atoms. The minimum absolute atomic E-state index is 0.180. The minimum Gasteiger partial charge on any atom is -0.491 e. The SMILES string of the molecule is O=C(CS(=O)(=O)Cc1cccc(Br)c1)NCCOc1ccccc1-c1ccccc1. The normalized spacial score (nSPS) is 11.1. The van der Waals surface area contributed by atoms with Gasteiger partial charge in [-0.05, 0) is 29.3 Å². The minimum atomic E-state index is -3.56. The molecule has 0 spiro atoms. The summed E-state index contributed by atoms with van der Waals surface area (Å²) in [4.78, 5) is 12.1. The second-order valence-electron chi connectivity index (χ2n) is 6.72. The number of benzene rings is 3. The molecule has 5 nitrogen and oxygen atoms in total. The molecule has 1 N–H and O–H groups in total. The van der Waals surface area contributed by atoms with E-state index in [9.17, 15) is 13.2 Å². The average Bonchev–Trinajstić information content (AvgIpc) is 2.71. The van der Waals surface area contributed by atoms with Gasteiger partial charge in [0.05, 0.1) is 12.3 Å². The smallest absolute Gasteiger partial charge is 0.235 e. The first-order valence-electron chi connectivity index (χ1n) is 9.42. The number of carbonyl (C=O) groups is 1. The van der Waals surface area contributed by atoms with Gasteiger partial charge in [0.15, 0.2) is 9.84 Å². The average molecular weight is 488 g/mol. The zero-order valence-electron chi connectivity index (χ0n) is 16.3. The van der Waals surface area contributed by atoms with E-state index in [0.29, 0.717) is 11.3 Å². The highest BCUT2D eigenvalue weighted by molar-refractivity contribution is 9.10. The summed E-state index contributed by atoms with van der Waals surface area (Å²) in [6.07, 6.45) is 0. The molecule has 156 valence electrons. The largest absolute Gasteiger partial charge is 0.491 e. The van der Waals surface area contributed by atoms with Crippen molar-refractivity contribution >= 4 is 31.7 Å². The number of ether oxygens (including phenoxy) is 1. The number of hydrogen-bond acceptors (Lipinski definition) is 4. The van der Waals surface area contributed by atoms with Crippen LogP contribution in [0.5, 0.6) is 5.75 Å². The van der Waals surface area contributed by atoms with E-state index in [4.69, 9.17) is 4.74 Å². The van der Waals surface area contributed by atoms with E-state index in [2.05, 4.69) is 21.2 Å². The Bertz CT molecular complexity index is 1100. The van der Waals surface area contributed by atoms with Crippen LogP contribution in [0.1, 0.15) is 5.56 Å². The van der Waals surface area contributed by atoms with Gasteiger partial charge in [0.1, 0.15) is 18.1 Å². The van der Waals surface area contributed by atoms with Crippen molar-refractivity contribution in [3.8, 4) is 16.9 Å². The van der Waals surface area contributed by atoms with Crippen molar-refractivity contribution < 1.29 is 17.9 Å². The van der Waals surface area contributed by atoms with Crippen LogP contribution in [-0.2, 0) is 20.4 Å². The molecular formula is C23H22BrNO4S. The summed E-state index contributed by atoms with van der Waals surface area (Å²) in [6.45, 7) is 0.454. The van der Waals surface area contributed by atoms with Gasteiger partial charge in [0.2, 0.25) is 5.91 Å². The van der Waals surface area contributed by atoms with Crippen molar-refractivity contribution in [3.05, 3.63) is 88.9 Å². The Labute approximate surface area is 185 Å². The molecule has 7 heteroatoms. The lowest BCUT2D eigenvalue weighted by atomic mass is 10.1. The summed E-state index contributed by atoms with van der Waals surface area (Å²) in [6, 6.07) is 24.6. The van der Waals surface area contributed by atoms with Gasteiger partial charge in [0.25, 0.3) is 0 Å². The van der Waals surface area contributed by atoms with Crippen LogP contribution in [0.25, 0.3) is 11.1 Å². The van der Waals surface area contributed by atoms with Crippen molar-refractivity contribution in [1.82, 2.24) is 5.32 Å². The Kier molecular flexibility index (Phi) is 7.65. The molecule has 0 fully saturated rings. The number of carbonyl (C=O) groups excluding carboxylic acids is 1. The van der Waals surface area contributed by atoms with Gasteiger partial charge in [-0.1, -0.05) is 76.6 Å². The number of hydrogen-bond donors (Lipinski definition) is 1. The van der Waals surface area contributed by atoms with Gasteiger partial charge in [0, 0.05) is 10.0 Å². The maximum atomic E-state index is 12.3. The summed E-state index contributed by atoms with van der Waals surface area (Å²) >= 11 is 3.31. The van der Waals surface area contributed by atoms with E-state index in [1.807, 2.05) is 60.7 Å². The predicted molar refractivity (Wildman–Crippen MR) is 122 cm³/mol. The first-order valence-corrected chi connectivity index (χ1v) is 12.0. The Morgan fingerprint density at radius 1 is 0.933 bits per heavy atom. The maximum Gasteiger partial charge on any atom is 0.235 e. The first kappa shape index (κ1) is 22.1. The van der Waals surface area contributed by atoms with Crippen molar-refractivity contribution in [2.45, 2.75) is 5.75 Å². The highest BCUT2D eigenvalue weighted by Crippen LogP contribution is 2.29. The number of para-hydroxylation sites is 1. The monoisotopic (exact) mass is 487 g/mol. The number of rotatable bonds is 9. The zero-order valence-corrected chi connectivity index (χ0v) is 18.7. The first-order chi connectivity index (χ1) is 14.4. The molecule has 3 rings (SSSR count). The lowest BCUT2D eigenvalue weighted by Crippen LogP contribution is -2.33. The quantitative estimate of drug-likeness (QED) is 0.458. The Morgan fingerprint density at radius 3 is 2.43 bits per heavy atom. The molecule has 0 aliphatic heterocycles. The van der Waals surface area contributed by atoms with Crippen LogP contribution < -0.4 is 10.1 Å². The van der Waals surface area contributed by atoms with E-state index >= 15 is 0 Å². The summed E-state index contributed by atoms with van der Waals surface area (Å²) in [5, 5.41) is 2.61. The molecule has 0 radical (unpaired) electrons. The fraction of sp³-hybridized carbons (Fsp3) is 0.174. The third-order valence-electron chi connectivity index (χ3n) is 4.28. The second-order valence-corrected chi connectivity index (χ2v) is 9.70. The van der Waals surface area contributed by atoms with Gasteiger partial charge in [-0.15, -0.1) is 0 Å². The number of sulfone groups is 1. The summed E-state index contributed by atoms with van der Waals surface area (Å²) in [7, 11) is -3.56. The predicted octanol–water partition coefficient (Wildman–Crippen LogP) is 4.23. The number of halogens is 1. The summed E-state index contributed by atoms with van der Waals surface area (Å²) < 4.78 is 31.2. The van der Waals surface area contributed by atoms with Crippen molar-refractivity contribution in [1.29, 1.82) is 0 Å². The third kappa shape index (κ3) is 6.71. The van der Waals surface area contributed by atoms with Crippen LogP contribution in [-0.4, -0.2) is 33.2 Å². The number of nitrogens with one attached hydrogen (secondary N) is 1. The fourth-order valence-corrected chi connectivity index (χ4v) is 4.72. The molecule has 30 heavy (non-hydrogen) atoms. The molecule has 0 aliphatic rings. The third-order valence-corrected chi connectivity index (χ3v) is 6.25. The molecule has 0 unspecified atom stereocenters. The van der Waals surface area contributed by atoms with E-state index in [0.717, 1.165) is 15.6 Å². The van der Waals surface area contributed by atoms with Crippen LogP contribution in [0, 0.1) is 0 Å². The number of amides is 1. The highest BCUT2D eigenvalue weighted by atomic mass is 79.9. The summed E-state index contributed by atoms with van der Waals surface area (Å²) in [5.41, 5.74) is 2.63. The second kappa shape index (κ2) is 10.4. The Morgan fingerprint density at radius 2 is 1.67 bits per heavy atom. The Balaban J connectivity index is 1.49. The fourth-order valence-electron chi connectivity index (χ4n) is 2.98. The van der Waals surface area contributed by atoms with Gasteiger partial charge in [-0.3, -0.25) is 4.79 Å². The van der Waals surface area contributed by atoms with Crippen molar-refractivity contribution in [2.75, 3.05) is 18.9 Å². The molecule has 0 saturated heterocycles. The lowest BCUT2D eigenvalue weighted by molar-refractivity contribution is -0.118. The standard InChI is InChI=1S/C23H22BrNO4S/c24-20-10-6-7-18(15-20)16-30(27,28)17-23(26)25-13-14-29-22-12-5-4-11-21(22)19-8-2-1-3-9-19/h1-12,15H,13-14,16-17H2,(H,25,26). The molecule has 0 heterocycles. The van der Waals surface area contributed by atoms with E-state index in [1.165, 1.54) is 0 Å². The lowest BCUT2D eigenvalue weighted by Gasteiger charge is -2.12. The van der Waals surface area contributed by atoms with Crippen molar-refractivity contribution in [2.24, 2.45) is 0 Å². The molecule has 3 aromatic rings. The van der Waals surface area contributed by atoms with Crippen LogP contribution in [0.2, 0.25) is 0 Å². The van der Waals surface area contributed by atoms with Crippen molar-refractivity contribution in [3.63, 3.8) is 0 Å². The summed E-state index contributed by atoms with van der Waals surface area (Å²) in [5.74, 6) is -0.564. The van der Waals surface area contributed by atoms with Crippen LogP contribution in [0.4, 0.5) is 0 Å². The Hall–Kier alpha value is -2.64. The zero-order chi connectivity index (χ0) is 21.4. The van der Waals surface area contributed by atoms with E-state index in [1.54, 1.807) is 18.2 Å². The molecule has 3 aromatic carbocycles. The van der Waals surface area contributed by atoms with Crippen LogP contribution in [0.3, 0.4) is 0 Å². The van der Waals surface area contributed by atoms with Gasteiger partial charge in [-0.25, -0.2) is 8.42 Å². The van der Waals surface area contributed by atoms with Crippen LogP contribution in [0.15, 0.2) is 83.3 Å². The van der Waals surface area contributed by atoms with Gasteiger partial charge < -0.3 is 10.1 Å². The molecule has 0 saturated carbocycles. The maximum absolute atomic E-state index is 12.3. The molecule has 0 atom stereocenters. The highest BCUT2D eigenvalue weighted by Gasteiger charge is 2.17.